The number of rotatable bonds is 5. The number of phenolic OH excluding ortho intramolecular Hbond substituents is 1. The van der Waals surface area contributed by atoms with Gasteiger partial charge in [0.15, 0.2) is 11.5 Å². The summed E-state index contributed by atoms with van der Waals surface area (Å²) in [4.78, 5) is 11.3. The summed E-state index contributed by atoms with van der Waals surface area (Å²) in [5.74, 6) is -0.853. The number of hydrogen-bond acceptors (Lipinski definition) is 4. The van der Waals surface area contributed by atoms with Gasteiger partial charge in [-0.3, -0.25) is 4.79 Å². The van der Waals surface area contributed by atoms with Crippen LogP contribution in [-0.2, 0) is 4.79 Å². The molecular weight excluding hydrogens is 246 g/mol. The van der Waals surface area contributed by atoms with Crippen LogP contribution >= 0.6 is 0 Å². The van der Waals surface area contributed by atoms with E-state index in [1.807, 2.05) is 0 Å². The van der Waals surface area contributed by atoms with Crippen molar-refractivity contribution in [1.82, 2.24) is 5.32 Å². The number of hydrogen-bond donors (Lipinski definition) is 3. The fourth-order valence-electron chi connectivity index (χ4n) is 2.41. The molecule has 1 aromatic rings. The molecule has 0 spiro atoms. The lowest BCUT2D eigenvalue weighted by atomic mass is 9.85. The molecule has 5 nitrogen and oxygen atoms in total. The number of aliphatic carboxylic acids is 1. The van der Waals surface area contributed by atoms with E-state index in [0.29, 0.717) is 5.75 Å². The zero-order chi connectivity index (χ0) is 13.7. The Bertz CT molecular complexity index is 429. The summed E-state index contributed by atoms with van der Waals surface area (Å²) in [5.41, 5.74) is 0. The highest BCUT2D eigenvalue weighted by atomic mass is 16.5. The van der Waals surface area contributed by atoms with E-state index in [2.05, 4.69) is 5.32 Å². The molecule has 1 unspecified atom stereocenters. The molecule has 1 heterocycles. The van der Waals surface area contributed by atoms with Crippen LogP contribution in [0.5, 0.6) is 11.5 Å². The number of carbonyl (C=O) groups is 1. The average Bonchev–Trinajstić information content (AvgIpc) is 2.42. The molecule has 1 aliphatic heterocycles. The second-order valence-electron chi connectivity index (χ2n) is 4.81. The SMILES string of the molecule is O=C(O)C(COc1ccccc1O)C1CCNCC1. The molecule has 1 fully saturated rings. The quantitative estimate of drug-likeness (QED) is 0.751. The minimum atomic E-state index is -0.831. The molecule has 19 heavy (non-hydrogen) atoms. The van der Waals surface area contributed by atoms with Crippen LogP contribution in [0, 0.1) is 11.8 Å². The lowest BCUT2D eigenvalue weighted by molar-refractivity contribution is -0.145. The first kappa shape index (κ1) is 13.7. The van der Waals surface area contributed by atoms with E-state index in [9.17, 15) is 15.0 Å². The first-order chi connectivity index (χ1) is 9.18. The maximum atomic E-state index is 11.3. The molecule has 0 radical (unpaired) electrons. The van der Waals surface area contributed by atoms with Gasteiger partial charge in [0, 0.05) is 0 Å². The van der Waals surface area contributed by atoms with Gasteiger partial charge < -0.3 is 20.3 Å². The molecule has 1 atom stereocenters. The molecule has 0 aliphatic carbocycles. The summed E-state index contributed by atoms with van der Waals surface area (Å²) in [6, 6.07) is 6.60. The molecule has 1 aromatic carbocycles. The molecular formula is C14H19NO4. The lowest BCUT2D eigenvalue weighted by Gasteiger charge is -2.28. The number of benzene rings is 1. The standard InChI is InChI=1S/C14H19NO4/c16-12-3-1-2-4-13(12)19-9-11(14(17)18)10-5-7-15-8-6-10/h1-4,10-11,15-16H,5-9H2,(H,17,18). The molecule has 104 valence electrons. The average molecular weight is 265 g/mol. The predicted octanol–water partition coefficient (Wildman–Crippen LogP) is 1.47. The summed E-state index contributed by atoms with van der Waals surface area (Å²) in [6.07, 6.45) is 1.70. The van der Waals surface area contributed by atoms with Crippen molar-refractivity contribution in [3.63, 3.8) is 0 Å². The van der Waals surface area contributed by atoms with Crippen LogP contribution in [0.15, 0.2) is 24.3 Å². The third-order valence-electron chi connectivity index (χ3n) is 3.55. The zero-order valence-electron chi connectivity index (χ0n) is 10.7. The van der Waals surface area contributed by atoms with Gasteiger partial charge in [-0.05, 0) is 44.0 Å². The predicted molar refractivity (Wildman–Crippen MR) is 70.3 cm³/mol. The minimum absolute atomic E-state index is 0.0388. The Balaban J connectivity index is 1.97. The highest BCUT2D eigenvalue weighted by Crippen LogP contribution is 2.27. The Morgan fingerprint density at radius 1 is 1.37 bits per heavy atom. The van der Waals surface area contributed by atoms with Crippen LogP contribution in [0.3, 0.4) is 0 Å². The van der Waals surface area contributed by atoms with Gasteiger partial charge in [0.1, 0.15) is 6.61 Å². The lowest BCUT2D eigenvalue weighted by Crippen LogP contribution is -2.37. The monoisotopic (exact) mass is 265 g/mol. The second kappa shape index (κ2) is 6.43. The number of carboxylic acids is 1. The topological polar surface area (TPSA) is 78.8 Å². The Morgan fingerprint density at radius 2 is 2.05 bits per heavy atom. The maximum absolute atomic E-state index is 11.3. The third kappa shape index (κ3) is 3.61. The van der Waals surface area contributed by atoms with Crippen LogP contribution in [0.4, 0.5) is 0 Å². The smallest absolute Gasteiger partial charge is 0.310 e. The Hall–Kier alpha value is -1.75. The molecule has 5 heteroatoms. The highest BCUT2D eigenvalue weighted by Gasteiger charge is 2.30. The van der Waals surface area contributed by atoms with Gasteiger partial charge in [-0.25, -0.2) is 0 Å². The van der Waals surface area contributed by atoms with Gasteiger partial charge >= 0.3 is 5.97 Å². The molecule has 1 aliphatic rings. The zero-order valence-corrected chi connectivity index (χ0v) is 10.7. The van der Waals surface area contributed by atoms with Crippen molar-refractivity contribution in [2.24, 2.45) is 11.8 Å². The van der Waals surface area contributed by atoms with Crippen LogP contribution in [0.1, 0.15) is 12.8 Å². The summed E-state index contributed by atoms with van der Waals surface area (Å²) in [5, 5.41) is 22.1. The van der Waals surface area contributed by atoms with Crippen molar-refractivity contribution in [1.29, 1.82) is 0 Å². The molecule has 0 aromatic heterocycles. The number of nitrogens with one attached hydrogen (secondary N) is 1. The van der Waals surface area contributed by atoms with Gasteiger partial charge in [0.2, 0.25) is 0 Å². The van der Waals surface area contributed by atoms with Crippen molar-refractivity contribution >= 4 is 5.97 Å². The summed E-state index contributed by atoms with van der Waals surface area (Å²) in [7, 11) is 0. The van der Waals surface area contributed by atoms with Crippen molar-refractivity contribution in [2.75, 3.05) is 19.7 Å². The van der Waals surface area contributed by atoms with Gasteiger partial charge in [0.25, 0.3) is 0 Å². The van der Waals surface area contributed by atoms with Gasteiger partial charge in [-0.2, -0.15) is 0 Å². The number of para-hydroxylation sites is 2. The van der Waals surface area contributed by atoms with Crippen LogP contribution in [-0.4, -0.2) is 35.9 Å². The Morgan fingerprint density at radius 3 is 2.68 bits per heavy atom. The van der Waals surface area contributed by atoms with Crippen molar-refractivity contribution < 1.29 is 19.7 Å². The maximum Gasteiger partial charge on any atom is 0.310 e. The van der Waals surface area contributed by atoms with E-state index in [1.165, 1.54) is 6.07 Å². The van der Waals surface area contributed by atoms with Crippen LogP contribution in [0.2, 0.25) is 0 Å². The first-order valence-corrected chi connectivity index (χ1v) is 6.53. The van der Waals surface area contributed by atoms with Gasteiger partial charge in [-0.15, -0.1) is 0 Å². The molecule has 0 bridgehead atoms. The Labute approximate surface area is 112 Å². The molecule has 1 saturated heterocycles. The third-order valence-corrected chi connectivity index (χ3v) is 3.55. The van der Waals surface area contributed by atoms with E-state index >= 15 is 0 Å². The number of phenols is 1. The fraction of sp³-hybridized carbons (Fsp3) is 0.500. The van der Waals surface area contributed by atoms with E-state index in [4.69, 9.17) is 4.74 Å². The molecule has 2 rings (SSSR count). The molecule has 0 saturated carbocycles. The fourth-order valence-corrected chi connectivity index (χ4v) is 2.41. The highest BCUT2D eigenvalue weighted by molar-refractivity contribution is 5.70. The molecule has 0 amide bonds. The van der Waals surface area contributed by atoms with E-state index in [0.717, 1.165) is 25.9 Å². The molecule has 3 N–H and O–H groups in total. The van der Waals surface area contributed by atoms with Crippen molar-refractivity contribution in [3.8, 4) is 11.5 Å². The van der Waals surface area contributed by atoms with Gasteiger partial charge in [-0.1, -0.05) is 12.1 Å². The van der Waals surface area contributed by atoms with Gasteiger partial charge in [0.05, 0.1) is 5.92 Å². The first-order valence-electron chi connectivity index (χ1n) is 6.53. The Kier molecular flexibility index (Phi) is 4.63. The van der Waals surface area contributed by atoms with Crippen molar-refractivity contribution in [3.05, 3.63) is 24.3 Å². The summed E-state index contributed by atoms with van der Waals surface area (Å²) in [6.45, 7) is 1.80. The number of ether oxygens (including phenoxy) is 1. The number of piperidine rings is 1. The van der Waals surface area contributed by atoms with Crippen LogP contribution in [0.25, 0.3) is 0 Å². The van der Waals surface area contributed by atoms with Crippen LogP contribution < -0.4 is 10.1 Å². The normalized spacial score (nSPS) is 17.9. The minimum Gasteiger partial charge on any atom is -0.504 e. The number of carboxylic acid groups (broad SMARTS) is 1. The number of aromatic hydroxyl groups is 1. The largest absolute Gasteiger partial charge is 0.504 e. The van der Waals surface area contributed by atoms with E-state index in [-0.39, 0.29) is 18.3 Å². The summed E-state index contributed by atoms with van der Waals surface area (Å²) >= 11 is 0. The van der Waals surface area contributed by atoms with Crippen molar-refractivity contribution in [2.45, 2.75) is 12.8 Å². The second-order valence-corrected chi connectivity index (χ2v) is 4.81. The summed E-state index contributed by atoms with van der Waals surface area (Å²) < 4.78 is 5.46. The van der Waals surface area contributed by atoms with E-state index < -0.39 is 11.9 Å². The van der Waals surface area contributed by atoms with E-state index in [1.54, 1.807) is 18.2 Å².